The zero-order valence-corrected chi connectivity index (χ0v) is 16.0. The molecule has 0 radical (unpaired) electrons. The summed E-state index contributed by atoms with van der Waals surface area (Å²) in [4.78, 5) is 37.7. The van der Waals surface area contributed by atoms with E-state index in [9.17, 15) is 14.4 Å². The number of ketones is 1. The summed E-state index contributed by atoms with van der Waals surface area (Å²) in [6.07, 6.45) is 0. The number of hydrogen-bond donors (Lipinski definition) is 2. The van der Waals surface area contributed by atoms with E-state index in [-0.39, 0.29) is 12.3 Å². The first-order chi connectivity index (χ1) is 13.1. The molecule has 0 aliphatic carbocycles. The molecular weight excluding hydrogens is 384 g/mol. The molecule has 3 rings (SSSR count). The molecule has 3 aromatic rings. The maximum absolute atomic E-state index is 12.3. The molecule has 138 valence electrons. The molecule has 8 heteroatoms. The van der Waals surface area contributed by atoms with Crippen molar-refractivity contribution >= 4 is 46.0 Å². The number of methoxy groups -OCH3 is 1. The summed E-state index contributed by atoms with van der Waals surface area (Å²) in [7, 11) is 1.48. The summed E-state index contributed by atoms with van der Waals surface area (Å²) in [5.41, 5.74) is 1.06. The molecule has 0 aliphatic rings. The fraction of sp³-hybridized carbons (Fsp3) is 0.105. The van der Waals surface area contributed by atoms with E-state index in [1.54, 1.807) is 47.8 Å². The highest BCUT2D eigenvalue weighted by atomic mass is 32.1. The summed E-state index contributed by atoms with van der Waals surface area (Å²) >= 11 is 2.76. The van der Waals surface area contributed by atoms with Gasteiger partial charge in [0, 0.05) is 15.8 Å². The van der Waals surface area contributed by atoms with Crippen LogP contribution in [0.15, 0.2) is 53.2 Å². The number of benzene rings is 1. The van der Waals surface area contributed by atoms with Crippen molar-refractivity contribution in [3.05, 3.63) is 68.5 Å². The Labute approximate surface area is 163 Å². The van der Waals surface area contributed by atoms with Crippen molar-refractivity contribution in [3.63, 3.8) is 0 Å². The third kappa shape index (κ3) is 4.60. The van der Waals surface area contributed by atoms with Crippen LogP contribution in [0.4, 0.5) is 5.69 Å². The number of thiophene rings is 2. The van der Waals surface area contributed by atoms with E-state index >= 15 is 0 Å². The molecule has 6 nitrogen and oxygen atoms in total. The van der Waals surface area contributed by atoms with Gasteiger partial charge in [0.2, 0.25) is 5.78 Å². The Morgan fingerprint density at radius 2 is 1.85 bits per heavy atom. The Morgan fingerprint density at radius 3 is 2.59 bits per heavy atom. The van der Waals surface area contributed by atoms with Crippen LogP contribution in [-0.2, 0) is 16.1 Å². The first-order valence-corrected chi connectivity index (χ1v) is 9.72. The zero-order valence-electron chi connectivity index (χ0n) is 14.4. The topological polar surface area (TPSA) is 84.5 Å². The molecule has 0 spiro atoms. The second-order valence-corrected chi connectivity index (χ2v) is 7.39. The monoisotopic (exact) mass is 400 g/mol. The van der Waals surface area contributed by atoms with Crippen molar-refractivity contribution < 1.29 is 19.1 Å². The summed E-state index contributed by atoms with van der Waals surface area (Å²) in [5.74, 6) is -1.13. The number of hydrogen-bond acceptors (Lipinski definition) is 6. The van der Waals surface area contributed by atoms with Crippen molar-refractivity contribution in [2.75, 3.05) is 12.4 Å². The lowest BCUT2D eigenvalue weighted by Crippen LogP contribution is -2.34. The van der Waals surface area contributed by atoms with Crippen molar-refractivity contribution in [1.82, 2.24) is 5.32 Å². The van der Waals surface area contributed by atoms with Crippen LogP contribution in [0.25, 0.3) is 0 Å². The molecule has 0 saturated heterocycles. The Morgan fingerprint density at radius 1 is 1.04 bits per heavy atom. The molecule has 0 atom stereocenters. The highest BCUT2D eigenvalue weighted by Gasteiger charge is 2.17. The van der Waals surface area contributed by atoms with E-state index in [0.717, 1.165) is 4.88 Å². The van der Waals surface area contributed by atoms with E-state index in [1.807, 2.05) is 5.38 Å². The number of amides is 2. The minimum absolute atomic E-state index is 0.0484. The molecular formula is C19H16N2O4S2. The summed E-state index contributed by atoms with van der Waals surface area (Å²) < 4.78 is 5.14. The van der Waals surface area contributed by atoms with E-state index in [1.165, 1.54) is 29.8 Å². The van der Waals surface area contributed by atoms with E-state index in [2.05, 4.69) is 10.6 Å². The van der Waals surface area contributed by atoms with Gasteiger partial charge in [-0.1, -0.05) is 12.1 Å². The van der Waals surface area contributed by atoms with E-state index < -0.39 is 11.8 Å². The van der Waals surface area contributed by atoms with Crippen LogP contribution < -0.4 is 15.4 Å². The van der Waals surface area contributed by atoms with Gasteiger partial charge in [0.15, 0.2) is 0 Å². The third-order valence-corrected chi connectivity index (χ3v) is 5.42. The Balaban J connectivity index is 1.56. The van der Waals surface area contributed by atoms with E-state index in [0.29, 0.717) is 21.9 Å². The molecule has 2 N–H and O–H groups in total. The molecule has 0 saturated carbocycles. The average Bonchev–Trinajstić information content (AvgIpc) is 3.38. The Hall–Kier alpha value is -2.97. The Bertz CT molecular complexity index is 964. The predicted molar refractivity (Wildman–Crippen MR) is 106 cm³/mol. The van der Waals surface area contributed by atoms with Gasteiger partial charge >= 0.3 is 11.8 Å². The normalized spacial score (nSPS) is 10.3. The van der Waals surface area contributed by atoms with Crippen molar-refractivity contribution in [2.24, 2.45) is 0 Å². The van der Waals surface area contributed by atoms with Gasteiger partial charge < -0.3 is 15.4 Å². The van der Waals surface area contributed by atoms with Gasteiger partial charge in [0.25, 0.3) is 0 Å². The fourth-order valence-corrected chi connectivity index (χ4v) is 3.85. The number of anilines is 1. The molecule has 2 heterocycles. The molecule has 0 unspecified atom stereocenters. The van der Waals surface area contributed by atoms with Crippen LogP contribution in [-0.4, -0.2) is 24.7 Å². The van der Waals surface area contributed by atoms with Crippen molar-refractivity contribution in [2.45, 2.75) is 6.54 Å². The molecule has 0 aliphatic heterocycles. The second-order valence-electron chi connectivity index (χ2n) is 5.44. The summed E-state index contributed by atoms with van der Waals surface area (Å²) in [5, 5.41) is 8.71. The third-order valence-electron chi connectivity index (χ3n) is 3.65. The second kappa shape index (κ2) is 8.61. The van der Waals surface area contributed by atoms with Crippen LogP contribution in [0.3, 0.4) is 0 Å². The number of para-hydroxylation sites is 2. The van der Waals surface area contributed by atoms with E-state index in [4.69, 9.17) is 4.74 Å². The maximum Gasteiger partial charge on any atom is 0.313 e. The predicted octanol–water partition coefficient (Wildman–Crippen LogP) is 3.30. The number of ether oxygens (including phenoxy) is 1. The van der Waals surface area contributed by atoms with Gasteiger partial charge in [0.05, 0.1) is 24.2 Å². The molecule has 27 heavy (non-hydrogen) atoms. The maximum atomic E-state index is 12.3. The highest BCUT2D eigenvalue weighted by molar-refractivity contribution is 7.14. The number of rotatable bonds is 6. The van der Waals surface area contributed by atoms with Crippen molar-refractivity contribution in [1.29, 1.82) is 0 Å². The van der Waals surface area contributed by atoms with Gasteiger partial charge in [-0.25, -0.2) is 0 Å². The van der Waals surface area contributed by atoms with Gasteiger partial charge in [-0.05, 0) is 35.7 Å². The van der Waals surface area contributed by atoms with Crippen LogP contribution in [0.1, 0.15) is 20.1 Å². The van der Waals surface area contributed by atoms with Gasteiger partial charge in [0.1, 0.15) is 5.75 Å². The fourth-order valence-electron chi connectivity index (χ4n) is 2.31. The summed E-state index contributed by atoms with van der Waals surface area (Å²) in [6.45, 7) is 0.166. The summed E-state index contributed by atoms with van der Waals surface area (Å²) in [6, 6.07) is 12.1. The Kier molecular flexibility index (Phi) is 6.00. The average molecular weight is 400 g/mol. The number of carbonyl (C=O) groups excluding carboxylic acids is 3. The van der Waals surface area contributed by atoms with Crippen LogP contribution in [0.5, 0.6) is 5.75 Å². The lowest BCUT2D eigenvalue weighted by Gasteiger charge is -2.09. The largest absolute Gasteiger partial charge is 0.495 e. The molecule has 0 bridgehead atoms. The quantitative estimate of drug-likeness (QED) is 0.491. The lowest BCUT2D eigenvalue weighted by atomic mass is 10.2. The van der Waals surface area contributed by atoms with Crippen LogP contribution >= 0.6 is 22.7 Å². The SMILES string of the molecule is COc1ccccc1NC(=O)C(=O)NCc1ccc(C(=O)c2ccsc2)s1. The van der Waals surface area contributed by atoms with Crippen LogP contribution in [0.2, 0.25) is 0 Å². The first kappa shape index (κ1) is 18.8. The molecule has 2 aromatic heterocycles. The van der Waals surface area contributed by atoms with Gasteiger partial charge in [-0.15, -0.1) is 11.3 Å². The molecule has 0 fully saturated rings. The lowest BCUT2D eigenvalue weighted by molar-refractivity contribution is -0.136. The highest BCUT2D eigenvalue weighted by Crippen LogP contribution is 2.23. The van der Waals surface area contributed by atoms with Crippen LogP contribution in [0, 0.1) is 0 Å². The van der Waals surface area contributed by atoms with Crippen molar-refractivity contribution in [3.8, 4) is 5.75 Å². The number of carbonyl (C=O) groups is 3. The minimum Gasteiger partial charge on any atom is -0.495 e. The smallest absolute Gasteiger partial charge is 0.313 e. The minimum atomic E-state index is -0.786. The molecule has 2 amide bonds. The van der Waals surface area contributed by atoms with Gasteiger partial charge in [-0.3, -0.25) is 14.4 Å². The zero-order chi connectivity index (χ0) is 19.2. The standard InChI is InChI=1S/C19H16N2O4S2/c1-25-15-5-3-2-4-14(15)21-19(24)18(23)20-10-13-6-7-16(27-13)17(22)12-8-9-26-11-12/h2-9,11H,10H2,1H3,(H,20,23)(H,21,24). The first-order valence-electron chi connectivity index (χ1n) is 7.96. The number of nitrogens with one attached hydrogen (secondary N) is 2. The van der Waals surface area contributed by atoms with Gasteiger partial charge in [-0.2, -0.15) is 11.3 Å². The molecule has 1 aromatic carbocycles.